The molecule has 0 saturated heterocycles. The Bertz CT molecular complexity index is 1060. The summed E-state index contributed by atoms with van der Waals surface area (Å²) in [6.07, 6.45) is 3.07. The first kappa shape index (κ1) is 20.3. The van der Waals surface area contributed by atoms with Gasteiger partial charge in [0.25, 0.3) is 0 Å². The highest BCUT2D eigenvalue weighted by molar-refractivity contribution is 9.10. The summed E-state index contributed by atoms with van der Waals surface area (Å²) in [5.74, 6) is 0.768. The Hall–Kier alpha value is -2.43. The molecule has 0 spiro atoms. The van der Waals surface area contributed by atoms with E-state index in [2.05, 4.69) is 30.7 Å². The molecule has 3 aromatic rings. The molecule has 0 atom stereocenters. The second-order valence-electron chi connectivity index (χ2n) is 5.82. The normalized spacial score (nSPS) is 11.4. The third-order valence-electron chi connectivity index (χ3n) is 4.10. The SMILES string of the molecule is COc1cc(Br)c(S(=O)(=O)NCc2ccccc2Cn2cncn2)cc1OC. The summed E-state index contributed by atoms with van der Waals surface area (Å²) in [5, 5.41) is 4.09. The molecule has 28 heavy (non-hydrogen) atoms. The molecule has 0 aliphatic heterocycles. The fraction of sp³-hybridized carbons (Fsp3) is 0.222. The number of rotatable bonds is 8. The number of hydrogen-bond donors (Lipinski definition) is 1. The van der Waals surface area contributed by atoms with Crippen LogP contribution < -0.4 is 14.2 Å². The van der Waals surface area contributed by atoms with Crippen LogP contribution in [-0.2, 0) is 23.1 Å². The van der Waals surface area contributed by atoms with Gasteiger partial charge in [0.05, 0.1) is 20.8 Å². The van der Waals surface area contributed by atoms with Crippen LogP contribution in [0.15, 0.2) is 58.4 Å². The molecule has 0 bridgehead atoms. The van der Waals surface area contributed by atoms with Crippen LogP contribution >= 0.6 is 15.9 Å². The summed E-state index contributed by atoms with van der Waals surface area (Å²) >= 11 is 3.29. The number of sulfonamides is 1. The van der Waals surface area contributed by atoms with Crippen molar-refractivity contribution in [3.05, 3.63) is 64.7 Å². The van der Waals surface area contributed by atoms with Gasteiger partial charge in [-0.15, -0.1) is 0 Å². The molecule has 0 radical (unpaired) electrons. The van der Waals surface area contributed by atoms with Gasteiger partial charge in [0.1, 0.15) is 17.6 Å². The molecule has 0 amide bonds. The van der Waals surface area contributed by atoms with Crippen molar-refractivity contribution >= 4 is 26.0 Å². The van der Waals surface area contributed by atoms with Crippen molar-refractivity contribution in [3.63, 3.8) is 0 Å². The average Bonchev–Trinajstić information content (AvgIpc) is 3.20. The molecule has 1 aromatic heterocycles. The Labute approximate surface area is 171 Å². The molecule has 0 saturated carbocycles. The van der Waals surface area contributed by atoms with Gasteiger partial charge in [-0.2, -0.15) is 5.10 Å². The lowest BCUT2D eigenvalue weighted by molar-refractivity contribution is 0.353. The average molecular weight is 467 g/mol. The summed E-state index contributed by atoms with van der Waals surface area (Å²) in [5.41, 5.74) is 1.79. The number of nitrogens with zero attached hydrogens (tertiary/aromatic N) is 3. The van der Waals surface area contributed by atoms with Gasteiger partial charge in [-0.25, -0.2) is 22.8 Å². The summed E-state index contributed by atoms with van der Waals surface area (Å²) < 4.78 is 40.8. The van der Waals surface area contributed by atoms with Crippen molar-refractivity contribution in [2.24, 2.45) is 0 Å². The van der Waals surface area contributed by atoms with Crippen molar-refractivity contribution in [2.45, 2.75) is 18.0 Å². The minimum atomic E-state index is -3.79. The second-order valence-corrected chi connectivity index (χ2v) is 8.41. The Morgan fingerprint density at radius 2 is 1.79 bits per heavy atom. The van der Waals surface area contributed by atoms with Crippen LogP contribution in [0.25, 0.3) is 0 Å². The highest BCUT2D eigenvalue weighted by atomic mass is 79.9. The van der Waals surface area contributed by atoms with E-state index < -0.39 is 10.0 Å². The van der Waals surface area contributed by atoms with E-state index in [1.165, 1.54) is 26.6 Å². The number of ether oxygens (including phenoxy) is 2. The van der Waals surface area contributed by atoms with Crippen molar-refractivity contribution in [3.8, 4) is 11.5 Å². The van der Waals surface area contributed by atoms with E-state index in [1.54, 1.807) is 17.1 Å². The van der Waals surface area contributed by atoms with E-state index in [-0.39, 0.29) is 11.4 Å². The van der Waals surface area contributed by atoms with Crippen LogP contribution in [0.1, 0.15) is 11.1 Å². The number of methoxy groups -OCH3 is 2. The second kappa shape index (κ2) is 8.72. The van der Waals surface area contributed by atoms with Crippen LogP contribution in [-0.4, -0.2) is 37.4 Å². The first-order valence-corrected chi connectivity index (χ1v) is 10.5. The lowest BCUT2D eigenvalue weighted by Crippen LogP contribution is -2.24. The number of benzene rings is 2. The summed E-state index contributed by atoms with van der Waals surface area (Å²) in [6, 6.07) is 10.5. The van der Waals surface area contributed by atoms with Gasteiger partial charge in [0.2, 0.25) is 10.0 Å². The zero-order valence-corrected chi connectivity index (χ0v) is 17.7. The molecule has 0 aliphatic rings. The molecule has 8 nitrogen and oxygen atoms in total. The van der Waals surface area contributed by atoms with Crippen LogP contribution in [0.4, 0.5) is 0 Å². The van der Waals surface area contributed by atoms with E-state index >= 15 is 0 Å². The van der Waals surface area contributed by atoms with Crippen LogP contribution in [0, 0.1) is 0 Å². The van der Waals surface area contributed by atoms with Crippen LogP contribution in [0.5, 0.6) is 11.5 Å². The summed E-state index contributed by atoms with van der Waals surface area (Å²) in [6.45, 7) is 0.631. The maximum atomic E-state index is 12.9. The minimum absolute atomic E-state index is 0.0684. The third kappa shape index (κ3) is 4.51. The predicted molar refractivity (Wildman–Crippen MR) is 107 cm³/mol. The molecule has 10 heteroatoms. The largest absolute Gasteiger partial charge is 0.493 e. The van der Waals surface area contributed by atoms with Crippen molar-refractivity contribution in [2.75, 3.05) is 14.2 Å². The molecule has 1 heterocycles. The molecule has 3 rings (SSSR count). The predicted octanol–water partition coefficient (Wildman–Crippen LogP) is 2.58. The standard InChI is InChI=1S/C18H19BrN4O4S/c1-26-16-7-15(19)18(8-17(16)27-2)28(24,25)22-9-13-5-3-4-6-14(13)10-23-12-20-11-21-23/h3-8,11-12,22H,9-10H2,1-2H3. The topological polar surface area (TPSA) is 95.3 Å². The molecule has 0 fully saturated rings. The summed E-state index contributed by atoms with van der Waals surface area (Å²) in [7, 11) is -0.850. The van der Waals surface area contributed by atoms with Gasteiger partial charge in [0.15, 0.2) is 11.5 Å². The smallest absolute Gasteiger partial charge is 0.242 e. The highest BCUT2D eigenvalue weighted by Crippen LogP contribution is 2.35. The lowest BCUT2D eigenvalue weighted by Gasteiger charge is -2.14. The molecular formula is C18H19BrN4O4S. The Morgan fingerprint density at radius 1 is 1.11 bits per heavy atom. The fourth-order valence-corrected chi connectivity index (χ4v) is 4.71. The van der Waals surface area contributed by atoms with Gasteiger partial charge in [0, 0.05) is 17.1 Å². The van der Waals surface area contributed by atoms with Gasteiger partial charge in [-0.3, -0.25) is 0 Å². The fourth-order valence-electron chi connectivity index (χ4n) is 2.67. The lowest BCUT2D eigenvalue weighted by atomic mass is 10.1. The number of aromatic nitrogens is 3. The Morgan fingerprint density at radius 3 is 2.43 bits per heavy atom. The quantitative estimate of drug-likeness (QED) is 0.547. The molecule has 1 N–H and O–H groups in total. The van der Waals surface area contributed by atoms with Gasteiger partial charge in [-0.1, -0.05) is 24.3 Å². The van der Waals surface area contributed by atoms with Crippen LogP contribution in [0.2, 0.25) is 0 Å². The van der Waals surface area contributed by atoms with E-state index in [0.29, 0.717) is 22.5 Å². The monoisotopic (exact) mass is 466 g/mol. The maximum Gasteiger partial charge on any atom is 0.242 e. The van der Waals surface area contributed by atoms with Crippen molar-refractivity contribution < 1.29 is 17.9 Å². The Balaban J connectivity index is 1.83. The van der Waals surface area contributed by atoms with Gasteiger partial charge >= 0.3 is 0 Å². The molecule has 0 unspecified atom stereocenters. The molecule has 148 valence electrons. The van der Waals surface area contributed by atoms with E-state index in [0.717, 1.165) is 11.1 Å². The third-order valence-corrected chi connectivity index (χ3v) is 6.46. The first-order chi connectivity index (χ1) is 13.4. The van der Waals surface area contributed by atoms with Crippen molar-refractivity contribution in [1.29, 1.82) is 0 Å². The van der Waals surface area contributed by atoms with E-state index in [4.69, 9.17) is 9.47 Å². The van der Waals surface area contributed by atoms with Gasteiger partial charge in [-0.05, 0) is 33.1 Å². The zero-order valence-electron chi connectivity index (χ0n) is 15.3. The number of nitrogens with one attached hydrogen (secondary N) is 1. The van der Waals surface area contributed by atoms with E-state index in [1.807, 2.05) is 24.3 Å². The maximum absolute atomic E-state index is 12.9. The first-order valence-electron chi connectivity index (χ1n) is 8.25. The number of halogens is 1. The minimum Gasteiger partial charge on any atom is -0.493 e. The highest BCUT2D eigenvalue weighted by Gasteiger charge is 2.21. The van der Waals surface area contributed by atoms with E-state index in [9.17, 15) is 8.42 Å². The Kier molecular flexibility index (Phi) is 6.32. The molecular weight excluding hydrogens is 448 g/mol. The molecule has 0 aliphatic carbocycles. The molecule has 2 aromatic carbocycles. The van der Waals surface area contributed by atoms with Crippen LogP contribution in [0.3, 0.4) is 0 Å². The van der Waals surface area contributed by atoms with Crippen molar-refractivity contribution in [1.82, 2.24) is 19.5 Å². The summed E-state index contributed by atoms with van der Waals surface area (Å²) in [4.78, 5) is 3.99. The number of hydrogen-bond acceptors (Lipinski definition) is 6. The zero-order chi connectivity index (χ0) is 20.1. The van der Waals surface area contributed by atoms with Gasteiger partial charge < -0.3 is 9.47 Å².